The van der Waals surface area contributed by atoms with Gasteiger partial charge in [0.05, 0.1) is 35.4 Å². The van der Waals surface area contributed by atoms with Crippen molar-refractivity contribution in [3.8, 4) is 17.6 Å². The van der Waals surface area contributed by atoms with Crippen molar-refractivity contribution >= 4 is 38.3 Å². The fourth-order valence-electron chi connectivity index (χ4n) is 5.04. The van der Waals surface area contributed by atoms with Gasteiger partial charge in [0.15, 0.2) is 0 Å². The van der Waals surface area contributed by atoms with Gasteiger partial charge in [-0.3, -0.25) is 9.69 Å². The second-order valence-electron chi connectivity index (χ2n) is 10.4. The molecule has 14 heteroatoms. The summed E-state index contributed by atoms with van der Waals surface area (Å²) in [6, 6.07) is 11.1. The number of rotatable bonds is 11. The van der Waals surface area contributed by atoms with E-state index in [-0.39, 0.29) is 34.9 Å². The van der Waals surface area contributed by atoms with E-state index in [0.717, 1.165) is 36.2 Å². The number of nitrogens with one attached hydrogen (secondary N) is 2. The summed E-state index contributed by atoms with van der Waals surface area (Å²) < 4.78 is 75.6. The Morgan fingerprint density at radius 2 is 1.89 bits per heavy atom. The summed E-state index contributed by atoms with van der Waals surface area (Å²) in [5.41, 5.74) is 1.81. The number of hydrogen-bond donors (Lipinski definition) is 3. The van der Waals surface area contributed by atoms with Crippen LogP contribution in [0.1, 0.15) is 31.9 Å². The van der Waals surface area contributed by atoms with Gasteiger partial charge in [0, 0.05) is 49.2 Å². The molecule has 0 amide bonds. The van der Waals surface area contributed by atoms with Gasteiger partial charge in [0.2, 0.25) is 10.0 Å². The van der Waals surface area contributed by atoms with Crippen LogP contribution < -0.4 is 20.5 Å². The zero-order chi connectivity index (χ0) is 31.9. The summed E-state index contributed by atoms with van der Waals surface area (Å²) in [7, 11) is -2.55. The van der Waals surface area contributed by atoms with Crippen LogP contribution in [-0.4, -0.2) is 76.0 Å². The van der Waals surface area contributed by atoms with Crippen LogP contribution in [0.2, 0.25) is 0 Å². The number of methoxy groups -OCH3 is 1. The number of anilines is 2. The quantitative estimate of drug-likeness (QED) is 0.212. The van der Waals surface area contributed by atoms with Crippen LogP contribution >= 0.6 is 0 Å². The standard InChI is InChI=1S/C30H36F3N5O5S/c1-3-29(39)43-17-16-37-14-11-21(12-15-37)36-25-7-4-8-27-24(25)18-22(38(27)20-30(31,32)33)6-5-13-35-26-10-9-23(44(34,40)41)19-28(26)42-2/h4,7-10,18-19,21,35-36H,3,11-17,20H2,1-2H3,(H2,34,40,41). The van der Waals surface area contributed by atoms with E-state index in [1.54, 1.807) is 25.1 Å². The van der Waals surface area contributed by atoms with Crippen LogP contribution in [0.4, 0.5) is 24.5 Å². The van der Waals surface area contributed by atoms with Gasteiger partial charge in [-0.1, -0.05) is 18.9 Å². The highest BCUT2D eigenvalue weighted by Crippen LogP contribution is 2.31. The number of likely N-dealkylation sites (tertiary alicyclic amines) is 1. The summed E-state index contributed by atoms with van der Waals surface area (Å²) in [5.74, 6) is 5.73. The fraction of sp³-hybridized carbons (Fsp3) is 0.433. The summed E-state index contributed by atoms with van der Waals surface area (Å²) in [6.07, 6.45) is -2.44. The molecule has 1 aliphatic heterocycles. The number of aromatic nitrogens is 1. The van der Waals surface area contributed by atoms with Crippen molar-refractivity contribution in [3.05, 3.63) is 48.2 Å². The maximum Gasteiger partial charge on any atom is 0.406 e. The first kappa shape index (κ1) is 33.0. The molecule has 2 aromatic carbocycles. The summed E-state index contributed by atoms with van der Waals surface area (Å²) in [4.78, 5) is 13.5. The first-order valence-corrected chi connectivity index (χ1v) is 15.7. The molecule has 0 aliphatic carbocycles. The van der Waals surface area contributed by atoms with Crippen molar-refractivity contribution in [1.82, 2.24) is 9.47 Å². The molecule has 1 fully saturated rings. The third-order valence-electron chi connectivity index (χ3n) is 7.27. The lowest BCUT2D eigenvalue weighted by Gasteiger charge is -2.32. The van der Waals surface area contributed by atoms with Gasteiger partial charge in [0.25, 0.3) is 0 Å². The van der Waals surface area contributed by atoms with Crippen LogP contribution in [0.3, 0.4) is 0 Å². The number of nitrogens with zero attached hydrogens (tertiary/aromatic N) is 2. The topological polar surface area (TPSA) is 128 Å². The lowest BCUT2D eigenvalue weighted by atomic mass is 10.0. The average Bonchev–Trinajstić information content (AvgIpc) is 3.32. The number of halogens is 3. The van der Waals surface area contributed by atoms with Crippen molar-refractivity contribution in [2.75, 3.05) is 50.5 Å². The molecular weight excluding hydrogens is 599 g/mol. The number of esters is 1. The second-order valence-corrected chi connectivity index (χ2v) is 11.9. The SMILES string of the molecule is CCC(=O)OCCN1CCC(Nc2cccc3c2cc(C#CCNc2ccc(S(N)(=O)=O)cc2OC)n3CC(F)(F)F)CC1. The van der Waals surface area contributed by atoms with Crippen LogP contribution in [0.15, 0.2) is 47.4 Å². The highest BCUT2D eigenvalue weighted by atomic mass is 32.2. The van der Waals surface area contributed by atoms with Crippen LogP contribution in [0.5, 0.6) is 5.75 Å². The van der Waals surface area contributed by atoms with E-state index in [1.807, 2.05) is 6.07 Å². The molecule has 3 aromatic rings. The summed E-state index contributed by atoms with van der Waals surface area (Å²) >= 11 is 0. The van der Waals surface area contributed by atoms with E-state index in [9.17, 15) is 26.4 Å². The Bertz CT molecular complexity index is 1640. The van der Waals surface area contributed by atoms with Crippen molar-refractivity contribution in [2.24, 2.45) is 5.14 Å². The number of piperidine rings is 1. The Labute approximate surface area is 254 Å². The molecule has 4 N–H and O–H groups in total. The molecule has 1 aromatic heterocycles. The zero-order valence-electron chi connectivity index (χ0n) is 24.5. The number of nitrogens with two attached hydrogens (primary N) is 1. The summed E-state index contributed by atoms with van der Waals surface area (Å²) in [6.45, 7) is 3.26. The molecule has 10 nitrogen and oxygen atoms in total. The maximum atomic E-state index is 13.6. The van der Waals surface area contributed by atoms with Crippen LogP contribution in [-0.2, 0) is 26.1 Å². The van der Waals surface area contributed by atoms with Gasteiger partial charge in [-0.2, -0.15) is 13.2 Å². The van der Waals surface area contributed by atoms with Crippen molar-refractivity contribution in [2.45, 2.75) is 49.8 Å². The molecule has 0 radical (unpaired) electrons. The number of hydrogen-bond acceptors (Lipinski definition) is 8. The molecule has 0 saturated carbocycles. The van der Waals surface area contributed by atoms with Crippen molar-refractivity contribution in [3.63, 3.8) is 0 Å². The molecule has 1 saturated heterocycles. The third-order valence-corrected chi connectivity index (χ3v) is 8.19. The van der Waals surface area contributed by atoms with E-state index in [0.29, 0.717) is 36.2 Å². The monoisotopic (exact) mass is 635 g/mol. The smallest absolute Gasteiger partial charge is 0.406 e. The number of fused-ring (bicyclic) bond motifs is 1. The van der Waals surface area contributed by atoms with E-state index >= 15 is 0 Å². The highest BCUT2D eigenvalue weighted by molar-refractivity contribution is 7.89. The van der Waals surface area contributed by atoms with Crippen molar-refractivity contribution in [1.29, 1.82) is 0 Å². The number of carbonyl (C=O) groups excluding carboxylic acids is 1. The Morgan fingerprint density at radius 1 is 1.14 bits per heavy atom. The van der Waals surface area contributed by atoms with Gasteiger partial charge in [-0.15, -0.1) is 0 Å². The Morgan fingerprint density at radius 3 is 2.55 bits per heavy atom. The van der Waals surface area contributed by atoms with E-state index in [2.05, 4.69) is 27.4 Å². The van der Waals surface area contributed by atoms with Gasteiger partial charge in [0.1, 0.15) is 18.9 Å². The molecule has 0 atom stereocenters. The third kappa shape index (κ3) is 8.81. The molecule has 0 spiro atoms. The molecule has 0 unspecified atom stereocenters. The van der Waals surface area contributed by atoms with Crippen molar-refractivity contribution < 1.29 is 35.9 Å². The Hall–Kier alpha value is -3.93. The predicted molar refractivity (Wildman–Crippen MR) is 162 cm³/mol. The molecule has 1 aliphatic rings. The van der Waals surface area contributed by atoms with Gasteiger partial charge < -0.3 is 24.7 Å². The van der Waals surface area contributed by atoms with E-state index < -0.39 is 22.7 Å². The average molecular weight is 636 g/mol. The number of alkyl halides is 3. The Kier molecular flexibility index (Phi) is 10.7. The number of carbonyl (C=O) groups is 1. The normalized spacial score (nSPS) is 14.6. The maximum absolute atomic E-state index is 13.6. The zero-order valence-corrected chi connectivity index (χ0v) is 25.4. The minimum atomic E-state index is -4.46. The van der Waals surface area contributed by atoms with Crippen LogP contribution in [0.25, 0.3) is 10.9 Å². The predicted octanol–water partition coefficient (Wildman–Crippen LogP) is 4.15. The second kappa shape index (κ2) is 14.2. The number of primary sulfonamides is 1. The summed E-state index contributed by atoms with van der Waals surface area (Å²) in [5, 5.41) is 12.3. The van der Waals surface area contributed by atoms with Gasteiger partial charge >= 0.3 is 12.1 Å². The number of sulfonamides is 1. The largest absolute Gasteiger partial charge is 0.495 e. The number of ether oxygens (including phenoxy) is 2. The lowest BCUT2D eigenvalue weighted by molar-refractivity contribution is -0.143. The van der Waals surface area contributed by atoms with Crippen LogP contribution in [0, 0.1) is 11.8 Å². The molecule has 238 valence electrons. The molecule has 0 bridgehead atoms. The van der Waals surface area contributed by atoms with Gasteiger partial charge in [-0.05, 0) is 49.1 Å². The van der Waals surface area contributed by atoms with E-state index in [4.69, 9.17) is 14.6 Å². The first-order chi connectivity index (χ1) is 20.9. The molecule has 2 heterocycles. The molecule has 4 rings (SSSR count). The highest BCUT2D eigenvalue weighted by Gasteiger charge is 2.30. The lowest BCUT2D eigenvalue weighted by Crippen LogP contribution is -2.40. The first-order valence-electron chi connectivity index (χ1n) is 14.1. The van der Waals surface area contributed by atoms with E-state index in [1.165, 1.54) is 25.3 Å². The minimum absolute atomic E-state index is 0.0555. The fourth-order valence-corrected chi connectivity index (χ4v) is 5.57. The van der Waals surface area contributed by atoms with Gasteiger partial charge in [-0.25, -0.2) is 13.6 Å². The molecule has 44 heavy (non-hydrogen) atoms. The minimum Gasteiger partial charge on any atom is -0.495 e. The molecular formula is C30H36F3N5O5S. The Balaban J connectivity index is 1.48. The number of benzene rings is 2.